The number of ketones is 1. The first-order valence-corrected chi connectivity index (χ1v) is 19.7. The Morgan fingerprint density at radius 2 is 1.47 bits per heavy atom. The molecule has 0 heterocycles. The van der Waals surface area contributed by atoms with Crippen LogP contribution in [-0.2, 0) is 14.3 Å². The summed E-state index contributed by atoms with van der Waals surface area (Å²) in [7, 11) is 0. The van der Waals surface area contributed by atoms with Crippen molar-refractivity contribution >= 4 is 17.7 Å². The fraction of sp³-hybridized carbons (Fsp3) is 0.630. The molecule has 0 spiro atoms. The van der Waals surface area contributed by atoms with Gasteiger partial charge >= 0.3 is 11.9 Å². The predicted octanol–water partition coefficient (Wildman–Crippen LogP) is 10.8. The van der Waals surface area contributed by atoms with Gasteiger partial charge in [-0.2, -0.15) is 0 Å². The molecule has 7 rings (SSSR count). The van der Waals surface area contributed by atoms with E-state index in [2.05, 4.69) is 54.5 Å². The van der Waals surface area contributed by atoms with Crippen LogP contribution in [0.2, 0.25) is 0 Å². The predicted molar refractivity (Wildman–Crippen MR) is 201 cm³/mol. The number of rotatable bonds is 6. The van der Waals surface area contributed by atoms with E-state index in [1.165, 1.54) is 5.57 Å². The van der Waals surface area contributed by atoms with Crippen LogP contribution in [-0.4, -0.2) is 28.9 Å². The first kappa shape index (κ1) is 36.2. The van der Waals surface area contributed by atoms with Crippen LogP contribution in [0.3, 0.4) is 0 Å². The normalized spacial score (nSPS) is 38.4. The minimum atomic E-state index is -0.620. The van der Waals surface area contributed by atoms with Crippen molar-refractivity contribution < 1.29 is 24.2 Å². The van der Waals surface area contributed by atoms with Gasteiger partial charge in [0.25, 0.3) is 0 Å². The van der Waals surface area contributed by atoms with Gasteiger partial charge in [0, 0.05) is 16.5 Å². The van der Waals surface area contributed by atoms with Gasteiger partial charge in [-0.15, -0.1) is 0 Å². The molecule has 0 amide bonds. The van der Waals surface area contributed by atoms with Crippen LogP contribution < -0.4 is 0 Å². The SMILES string of the molecule is CC(C(=O)O[C@H]1CC[C@]2(C)[C@H]3CC=C4[C@@H]5CC(C)(C)CC[C@]5(C(=O)O)CC[C@@]4(C)[C@]3(C)CC[C@H]2C1(C)C)c1cccc(C(=O)c2ccccc2)c1. The summed E-state index contributed by atoms with van der Waals surface area (Å²) in [6, 6.07) is 16.7. The summed E-state index contributed by atoms with van der Waals surface area (Å²) in [4.78, 5) is 40.0. The summed E-state index contributed by atoms with van der Waals surface area (Å²) in [5.74, 6) is -0.317. The van der Waals surface area contributed by atoms with E-state index >= 15 is 0 Å². The Balaban J connectivity index is 1.11. The molecule has 5 nitrogen and oxygen atoms in total. The van der Waals surface area contributed by atoms with Crippen molar-refractivity contribution in [3.05, 3.63) is 82.9 Å². The van der Waals surface area contributed by atoms with Crippen molar-refractivity contribution in [1.82, 2.24) is 0 Å². The van der Waals surface area contributed by atoms with Crippen LogP contribution in [0, 0.1) is 50.2 Å². The maximum Gasteiger partial charge on any atom is 0.313 e. The monoisotopic (exact) mass is 692 g/mol. The molecule has 51 heavy (non-hydrogen) atoms. The van der Waals surface area contributed by atoms with Gasteiger partial charge < -0.3 is 9.84 Å². The Hall–Kier alpha value is -3.21. The number of carboxylic acid groups (broad SMARTS) is 1. The topological polar surface area (TPSA) is 80.7 Å². The van der Waals surface area contributed by atoms with Crippen LogP contribution in [0.1, 0.15) is 147 Å². The van der Waals surface area contributed by atoms with E-state index in [0.717, 1.165) is 69.8 Å². The van der Waals surface area contributed by atoms with Crippen LogP contribution in [0.15, 0.2) is 66.2 Å². The average molecular weight is 693 g/mol. The number of benzene rings is 2. The van der Waals surface area contributed by atoms with E-state index in [1.54, 1.807) is 0 Å². The maximum atomic E-state index is 13.8. The zero-order valence-electron chi connectivity index (χ0n) is 32.3. The fourth-order valence-corrected chi connectivity index (χ4v) is 12.9. The highest BCUT2D eigenvalue weighted by Gasteiger charge is 2.69. The molecule has 274 valence electrons. The smallest absolute Gasteiger partial charge is 0.313 e. The lowest BCUT2D eigenvalue weighted by molar-refractivity contribution is -0.214. The number of aliphatic carboxylic acids is 1. The van der Waals surface area contributed by atoms with Gasteiger partial charge in [-0.1, -0.05) is 109 Å². The summed E-state index contributed by atoms with van der Waals surface area (Å²) < 4.78 is 6.49. The first-order valence-electron chi connectivity index (χ1n) is 19.7. The van der Waals surface area contributed by atoms with Crippen molar-refractivity contribution in [3.8, 4) is 0 Å². The molecule has 2 aromatic carbocycles. The van der Waals surface area contributed by atoms with Crippen LogP contribution in [0.5, 0.6) is 0 Å². The Kier molecular flexibility index (Phi) is 8.63. The van der Waals surface area contributed by atoms with Gasteiger partial charge in [-0.25, -0.2) is 0 Å². The van der Waals surface area contributed by atoms with Crippen LogP contribution >= 0.6 is 0 Å². The second-order valence-electron chi connectivity index (χ2n) is 19.5. The maximum absolute atomic E-state index is 13.8. The molecule has 1 N–H and O–H groups in total. The molecule has 0 aliphatic heterocycles. The van der Waals surface area contributed by atoms with Gasteiger partial charge in [-0.05, 0) is 122 Å². The van der Waals surface area contributed by atoms with Gasteiger partial charge in [0.2, 0.25) is 0 Å². The molecule has 5 aliphatic carbocycles. The highest BCUT2D eigenvalue weighted by Crippen LogP contribution is 2.76. The third-order valence-electron chi connectivity index (χ3n) is 16.3. The number of allylic oxidation sites excluding steroid dienone is 2. The number of esters is 1. The summed E-state index contributed by atoms with van der Waals surface area (Å²) in [6.07, 6.45) is 11.9. The second kappa shape index (κ2) is 12.2. The summed E-state index contributed by atoms with van der Waals surface area (Å²) in [5, 5.41) is 10.7. The molecule has 5 aliphatic rings. The molecule has 0 aromatic heterocycles. The highest BCUT2D eigenvalue weighted by molar-refractivity contribution is 6.09. The van der Waals surface area contributed by atoms with Gasteiger partial charge in [0.15, 0.2) is 5.78 Å². The second-order valence-corrected chi connectivity index (χ2v) is 19.5. The third-order valence-corrected chi connectivity index (χ3v) is 16.3. The van der Waals surface area contributed by atoms with Gasteiger partial charge in [0.1, 0.15) is 6.10 Å². The van der Waals surface area contributed by atoms with E-state index in [-0.39, 0.29) is 50.8 Å². The van der Waals surface area contributed by atoms with Gasteiger partial charge in [0.05, 0.1) is 11.3 Å². The number of hydrogen-bond donors (Lipinski definition) is 1. The van der Waals surface area contributed by atoms with Crippen molar-refractivity contribution in [2.24, 2.45) is 50.2 Å². The quantitative estimate of drug-likeness (QED) is 0.185. The molecule has 4 saturated carbocycles. The third kappa shape index (κ3) is 5.40. The number of hydrogen-bond acceptors (Lipinski definition) is 4. The summed E-state index contributed by atoms with van der Waals surface area (Å²) >= 11 is 0. The van der Waals surface area contributed by atoms with E-state index in [9.17, 15) is 19.5 Å². The van der Waals surface area contributed by atoms with Crippen molar-refractivity contribution in [3.63, 3.8) is 0 Å². The number of carbonyl (C=O) groups excluding carboxylic acids is 2. The van der Waals surface area contributed by atoms with Crippen LogP contribution in [0.25, 0.3) is 0 Å². The largest absolute Gasteiger partial charge is 0.481 e. The molecule has 5 heteroatoms. The summed E-state index contributed by atoms with van der Waals surface area (Å²) in [5.41, 5.74) is 2.99. The van der Waals surface area contributed by atoms with E-state index in [4.69, 9.17) is 4.74 Å². The van der Waals surface area contributed by atoms with E-state index in [0.29, 0.717) is 23.0 Å². The highest BCUT2D eigenvalue weighted by atomic mass is 16.5. The standard InChI is InChI=1S/C46H60O5/c1-29(31-15-12-16-32(27-31)38(47)30-13-10-9-11-14-30)39(48)51-37-20-21-43(6)35(42(37,4)5)19-22-45(8)36(43)18-17-33-34-28-41(2,3)23-25-46(34,40(49)50)26-24-44(33,45)7/h9-17,27,29,34-37H,18-26,28H2,1-8H3,(H,49,50)/t29?,34-,35-,36+,37-,43-,44+,45+,46-/m0/s1. The average Bonchev–Trinajstić information content (AvgIpc) is 3.09. The first-order chi connectivity index (χ1) is 23.9. The van der Waals surface area contributed by atoms with Crippen molar-refractivity contribution in [1.29, 1.82) is 0 Å². The molecule has 0 radical (unpaired) electrons. The zero-order valence-corrected chi connectivity index (χ0v) is 32.3. The fourth-order valence-electron chi connectivity index (χ4n) is 12.9. The van der Waals surface area contributed by atoms with Crippen molar-refractivity contribution in [2.45, 2.75) is 132 Å². The van der Waals surface area contributed by atoms with E-state index in [1.807, 2.05) is 61.5 Å². The molecular weight excluding hydrogens is 633 g/mol. The molecule has 4 fully saturated rings. The lowest BCUT2D eigenvalue weighted by Crippen LogP contribution is -2.65. The lowest BCUT2D eigenvalue weighted by Gasteiger charge is -2.71. The molecule has 0 bridgehead atoms. The molecule has 9 atom stereocenters. The number of ether oxygens (including phenoxy) is 1. The lowest BCUT2D eigenvalue weighted by atomic mass is 9.33. The minimum Gasteiger partial charge on any atom is -0.481 e. The Bertz CT molecular complexity index is 1750. The Morgan fingerprint density at radius 3 is 2.18 bits per heavy atom. The minimum absolute atomic E-state index is 0.0136. The van der Waals surface area contributed by atoms with Crippen molar-refractivity contribution in [2.75, 3.05) is 0 Å². The Morgan fingerprint density at radius 1 is 0.784 bits per heavy atom. The van der Waals surface area contributed by atoms with Crippen LogP contribution in [0.4, 0.5) is 0 Å². The molecule has 0 saturated heterocycles. The number of carboxylic acids is 1. The van der Waals surface area contributed by atoms with Gasteiger partial charge in [-0.3, -0.25) is 14.4 Å². The molecular formula is C46H60O5. The van der Waals surface area contributed by atoms with E-state index < -0.39 is 17.3 Å². The summed E-state index contributed by atoms with van der Waals surface area (Å²) in [6.45, 7) is 18.8. The number of carbonyl (C=O) groups is 3. The molecule has 2 aromatic rings. The molecule has 1 unspecified atom stereocenters. The number of fused-ring (bicyclic) bond motifs is 7. The zero-order chi connectivity index (χ0) is 36.8. The Labute approximate surface area is 306 Å².